The SMILES string of the molecule is Cc1ccc(-n2c(SCC#N)nc3sc(C)c(C)c3c2=O)c(C)c1. The molecule has 0 aliphatic rings. The molecule has 2 heterocycles. The highest BCUT2D eigenvalue weighted by atomic mass is 32.2. The van der Waals surface area contributed by atoms with Gasteiger partial charge in [0, 0.05) is 4.88 Å². The standard InChI is InChI=1S/C18H17N3OS2/c1-10-5-6-14(11(2)9-10)21-17(22)15-12(3)13(4)24-16(15)20-18(21)23-8-7-19/h5-6,9H,8H2,1-4H3. The Labute approximate surface area is 148 Å². The van der Waals surface area contributed by atoms with Crippen molar-refractivity contribution in [2.24, 2.45) is 0 Å². The van der Waals surface area contributed by atoms with Crippen LogP contribution in [0.1, 0.15) is 21.6 Å². The van der Waals surface area contributed by atoms with E-state index < -0.39 is 0 Å². The Morgan fingerprint density at radius 2 is 2.04 bits per heavy atom. The summed E-state index contributed by atoms with van der Waals surface area (Å²) in [6.45, 7) is 7.98. The first-order chi connectivity index (χ1) is 11.4. The fourth-order valence-corrected chi connectivity index (χ4v) is 4.47. The second-order valence-electron chi connectivity index (χ2n) is 5.74. The zero-order valence-electron chi connectivity index (χ0n) is 14.0. The smallest absolute Gasteiger partial charge is 0.267 e. The predicted octanol–water partition coefficient (Wildman–Crippen LogP) is 4.30. The Balaban J connectivity index is 2.39. The monoisotopic (exact) mass is 355 g/mol. The number of benzene rings is 1. The Morgan fingerprint density at radius 1 is 1.29 bits per heavy atom. The first-order valence-corrected chi connectivity index (χ1v) is 9.34. The number of rotatable bonds is 3. The minimum Gasteiger partial charge on any atom is -0.268 e. The summed E-state index contributed by atoms with van der Waals surface area (Å²) in [5, 5.41) is 10.2. The minimum atomic E-state index is -0.0609. The predicted molar refractivity (Wildman–Crippen MR) is 101 cm³/mol. The zero-order valence-corrected chi connectivity index (χ0v) is 15.6. The van der Waals surface area contributed by atoms with E-state index in [0.29, 0.717) is 10.5 Å². The Morgan fingerprint density at radius 3 is 2.71 bits per heavy atom. The molecule has 0 amide bonds. The van der Waals surface area contributed by atoms with E-state index in [0.717, 1.165) is 32.1 Å². The van der Waals surface area contributed by atoms with E-state index in [1.807, 2.05) is 39.8 Å². The van der Waals surface area contributed by atoms with E-state index in [1.54, 1.807) is 4.57 Å². The third-order valence-corrected chi connectivity index (χ3v) is 5.94. The van der Waals surface area contributed by atoms with Crippen molar-refractivity contribution in [3.8, 4) is 11.8 Å². The summed E-state index contributed by atoms with van der Waals surface area (Å²) in [5.41, 5.74) is 3.91. The topological polar surface area (TPSA) is 58.7 Å². The van der Waals surface area contributed by atoms with Gasteiger partial charge in [0.15, 0.2) is 5.16 Å². The van der Waals surface area contributed by atoms with Gasteiger partial charge in [0.05, 0.1) is 22.9 Å². The minimum absolute atomic E-state index is 0.0609. The lowest BCUT2D eigenvalue weighted by molar-refractivity contribution is 0.817. The maximum Gasteiger partial charge on any atom is 0.267 e. The maximum absolute atomic E-state index is 13.2. The first kappa shape index (κ1) is 16.7. The van der Waals surface area contributed by atoms with Crippen molar-refractivity contribution in [2.45, 2.75) is 32.9 Å². The van der Waals surface area contributed by atoms with E-state index in [9.17, 15) is 4.79 Å². The van der Waals surface area contributed by atoms with E-state index in [4.69, 9.17) is 5.26 Å². The summed E-state index contributed by atoms with van der Waals surface area (Å²) in [6, 6.07) is 8.10. The van der Waals surface area contributed by atoms with E-state index >= 15 is 0 Å². The van der Waals surface area contributed by atoms with Gasteiger partial charge in [-0.2, -0.15) is 5.26 Å². The average molecular weight is 355 g/mol. The van der Waals surface area contributed by atoms with Crippen molar-refractivity contribution >= 4 is 33.3 Å². The van der Waals surface area contributed by atoms with Crippen LogP contribution < -0.4 is 5.56 Å². The van der Waals surface area contributed by atoms with Crippen LogP contribution in [-0.2, 0) is 0 Å². The number of hydrogen-bond acceptors (Lipinski definition) is 5. The fraction of sp³-hybridized carbons (Fsp3) is 0.278. The summed E-state index contributed by atoms with van der Waals surface area (Å²) in [4.78, 5) is 19.8. The van der Waals surface area contributed by atoms with Gasteiger partial charge in [-0.1, -0.05) is 29.5 Å². The Kier molecular flexibility index (Phi) is 4.48. The van der Waals surface area contributed by atoms with Gasteiger partial charge in [0.1, 0.15) is 4.83 Å². The van der Waals surface area contributed by atoms with Gasteiger partial charge in [-0.3, -0.25) is 9.36 Å². The molecule has 3 aromatic rings. The number of thioether (sulfide) groups is 1. The molecule has 1 aromatic carbocycles. The van der Waals surface area contributed by atoms with Gasteiger partial charge in [-0.15, -0.1) is 11.3 Å². The van der Waals surface area contributed by atoms with E-state index in [-0.39, 0.29) is 11.3 Å². The molecule has 0 fully saturated rings. The van der Waals surface area contributed by atoms with Crippen molar-refractivity contribution in [3.05, 3.63) is 50.1 Å². The molecule has 3 rings (SSSR count). The summed E-state index contributed by atoms with van der Waals surface area (Å²) in [6.07, 6.45) is 0. The number of nitrogens with zero attached hydrogens (tertiary/aromatic N) is 3. The van der Waals surface area contributed by atoms with E-state index in [1.165, 1.54) is 23.1 Å². The van der Waals surface area contributed by atoms with Gasteiger partial charge < -0.3 is 0 Å². The molecule has 0 saturated carbocycles. The molecule has 0 aliphatic carbocycles. The van der Waals surface area contributed by atoms with Crippen LogP contribution in [0.15, 0.2) is 28.2 Å². The number of hydrogen-bond donors (Lipinski definition) is 0. The van der Waals surface area contributed by atoms with Gasteiger partial charge in [-0.05, 0) is 44.9 Å². The normalized spacial score (nSPS) is 11.0. The number of aryl methyl sites for hydroxylation is 4. The second kappa shape index (κ2) is 6.42. The molecule has 0 unspecified atom stereocenters. The van der Waals surface area contributed by atoms with Crippen LogP contribution in [0, 0.1) is 39.0 Å². The van der Waals surface area contributed by atoms with Crippen molar-refractivity contribution in [1.29, 1.82) is 5.26 Å². The van der Waals surface area contributed by atoms with Gasteiger partial charge in [-0.25, -0.2) is 4.98 Å². The lowest BCUT2D eigenvalue weighted by atomic mass is 10.1. The molecule has 0 atom stereocenters. The zero-order chi connectivity index (χ0) is 17.4. The molecular weight excluding hydrogens is 338 g/mol. The number of fused-ring (bicyclic) bond motifs is 1. The molecule has 0 aliphatic heterocycles. The van der Waals surface area contributed by atoms with Crippen molar-refractivity contribution in [3.63, 3.8) is 0 Å². The molecule has 0 radical (unpaired) electrons. The number of aromatic nitrogens is 2. The van der Waals surface area contributed by atoms with Crippen molar-refractivity contribution < 1.29 is 0 Å². The molecule has 4 nitrogen and oxygen atoms in total. The average Bonchev–Trinajstić information content (AvgIpc) is 2.81. The fourth-order valence-electron chi connectivity index (χ4n) is 2.74. The third-order valence-electron chi connectivity index (χ3n) is 4.03. The largest absolute Gasteiger partial charge is 0.268 e. The lowest BCUT2D eigenvalue weighted by Gasteiger charge is -2.14. The summed E-state index contributed by atoms with van der Waals surface area (Å²) < 4.78 is 1.65. The molecular formula is C18H17N3OS2. The molecule has 6 heteroatoms. The third kappa shape index (κ3) is 2.74. The molecule has 24 heavy (non-hydrogen) atoms. The highest BCUT2D eigenvalue weighted by Gasteiger charge is 2.18. The van der Waals surface area contributed by atoms with Gasteiger partial charge in [0.2, 0.25) is 0 Å². The number of thiophene rings is 1. The van der Waals surface area contributed by atoms with Crippen LogP contribution in [0.5, 0.6) is 0 Å². The first-order valence-electron chi connectivity index (χ1n) is 7.54. The van der Waals surface area contributed by atoms with Gasteiger partial charge >= 0.3 is 0 Å². The van der Waals surface area contributed by atoms with E-state index in [2.05, 4.69) is 17.1 Å². The second-order valence-corrected chi connectivity index (χ2v) is 7.88. The Bertz CT molecular complexity index is 1040. The number of nitriles is 1. The summed E-state index contributed by atoms with van der Waals surface area (Å²) in [7, 11) is 0. The summed E-state index contributed by atoms with van der Waals surface area (Å²) >= 11 is 2.83. The molecule has 0 spiro atoms. The molecule has 0 N–H and O–H groups in total. The quantitative estimate of drug-likeness (QED) is 0.519. The van der Waals surface area contributed by atoms with Crippen LogP contribution in [0.2, 0.25) is 0 Å². The summed E-state index contributed by atoms with van der Waals surface area (Å²) in [5.74, 6) is 0.256. The highest BCUT2D eigenvalue weighted by Crippen LogP contribution is 2.30. The van der Waals surface area contributed by atoms with Crippen LogP contribution in [0.3, 0.4) is 0 Å². The van der Waals surface area contributed by atoms with Crippen LogP contribution in [0.25, 0.3) is 15.9 Å². The van der Waals surface area contributed by atoms with Crippen molar-refractivity contribution in [1.82, 2.24) is 9.55 Å². The molecule has 0 saturated heterocycles. The highest BCUT2D eigenvalue weighted by molar-refractivity contribution is 7.99. The molecule has 0 bridgehead atoms. The molecule has 2 aromatic heterocycles. The lowest BCUT2D eigenvalue weighted by Crippen LogP contribution is -2.22. The molecule has 122 valence electrons. The van der Waals surface area contributed by atoms with Crippen molar-refractivity contribution in [2.75, 3.05) is 5.75 Å². The Hall–Kier alpha value is -2.10. The van der Waals surface area contributed by atoms with Crippen LogP contribution in [0.4, 0.5) is 0 Å². The van der Waals surface area contributed by atoms with Crippen LogP contribution in [-0.4, -0.2) is 15.3 Å². The van der Waals surface area contributed by atoms with Gasteiger partial charge in [0.25, 0.3) is 5.56 Å². The maximum atomic E-state index is 13.2. The van der Waals surface area contributed by atoms with Crippen LogP contribution >= 0.6 is 23.1 Å².